The number of carbonyl (C=O) groups is 1. The number of anilines is 1. The average Bonchev–Trinajstić information content (AvgIpc) is 2.18. The number of hydrogen-bond donors (Lipinski definition) is 1. The van der Waals surface area contributed by atoms with Crippen molar-refractivity contribution in [2.24, 2.45) is 0 Å². The number of thioether (sulfide) groups is 1. The van der Waals surface area contributed by atoms with Crippen molar-refractivity contribution in [1.29, 1.82) is 0 Å². The smallest absolute Gasteiger partial charge is 0.253 e. The van der Waals surface area contributed by atoms with Gasteiger partial charge in [0.25, 0.3) is 5.91 Å². The zero-order valence-electron chi connectivity index (χ0n) is 8.37. The van der Waals surface area contributed by atoms with E-state index < -0.39 is 4.71 Å². The molecule has 4 heteroatoms. The van der Waals surface area contributed by atoms with Crippen molar-refractivity contribution in [2.45, 2.75) is 11.6 Å². The van der Waals surface area contributed by atoms with Crippen LogP contribution in [0.25, 0.3) is 0 Å². The molecule has 1 atom stereocenters. The maximum absolute atomic E-state index is 11.5. The van der Waals surface area contributed by atoms with E-state index in [2.05, 4.69) is 11.9 Å². The van der Waals surface area contributed by atoms with Gasteiger partial charge in [0.2, 0.25) is 0 Å². The number of nitrogens with one attached hydrogen (secondary N) is 1. The quantitative estimate of drug-likeness (QED) is 0.818. The van der Waals surface area contributed by atoms with Gasteiger partial charge in [-0.25, -0.2) is 0 Å². The van der Waals surface area contributed by atoms with E-state index >= 15 is 0 Å². The number of alkyl halides is 1. The maximum Gasteiger partial charge on any atom is 0.253 e. The molecule has 0 bridgehead atoms. The number of para-hydroxylation sites is 1. The third-order valence-corrected chi connectivity index (χ3v) is 2.84. The molecule has 0 fully saturated rings. The zero-order chi connectivity index (χ0) is 11.3. The minimum atomic E-state index is -0.636. The Morgan fingerprint density at radius 3 is 2.60 bits per heavy atom. The lowest BCUT2D eigenvalue weighted by atomic mass is 10.3. The van der Waals surface area contributed by atoms with E-state index in [4.69, 9.17) is 11.6 Å². The second kappa shape index (κ2) is 5.83. The Morgan fingerprint density at radius 2 is 2.07 bits per heavy atom. The van der Waals surface area contributed by atoms with Gasteiger partial charge in [-0.05, 0) is 24.0 Å². The van der Waals surface area contributed by atoms with Crippen molar-refractivity contribution in [1.82, 2.24) is 0 Å². The standard InChI is InChI=1S/C11H12ClNOS/c1-8(2)15-10(12)11(14)13-9-6-4-3-5-7-9/h3-7,10H,1H2,2H3,(H,13,14). The minimum absolute atomic E-state index is 0.226. The second-order valence-corrected chi connectivity index (χ2v) is 5.09. The molecule has 0 heterocycles. The highest BCUT2D eigenvalue weighted by Crippen LogP contribution is 2.23. The van der Waals surface area contributed by atoms with Crippen molar-refractivity contribution in [3.8, 4) is 0 Å². The summed E-state index contributed by atoms with van der Waals surface area (Å²) in [6, 6.07) is 9.21. The monoisotopic (exact) mass is 241 g/mol. The molecule has 0 radical (unpaired) electrons. The highest BCUT2D eigenvalue weighted by atomic mass is 35.5. The largest absolute Gasteiger partial charge is 0.324 e. The highest BCUT2D eigenvalue weighted by molar-refractivity contribution is 8.05. The fourth-order valence-electron chi connectivity index (χ4n) is 0.951. The third kappa shape index (κ3) is 4.40. The lowest BCUT2D eigenvalue weighted by Crippen LogP contribution is -2.20. The van der Waals surface area contributed by atoms with Crippen molar-refractivity contribution < 1.29 is 4.79 Å². The normalized spacial score (nSPS) is 11.9. The fourth-order valence-corrected chi connectivity index (χ4v) is 1.98. The summed E-state index contributed by atoms with van der Waals surface area (Å²) in [7, 11) is 0. The summed E-state index contributed by atoms with van der Waals surface area (Å²) in [5.41, 5.74) is 0.746. The Labute approximate surface area is 98.7 Å². The Kier molecular flexibility index (Phi) is 4.72. The molecular weight excluding hydrogens is 230 g/mol. The van der Waals surface area contributed by atoms with Gasteiger partial charge in [0.15, 0.2) is 4.71 Å². The van der Waals surface area contributed by atoms with Crippen LogP contribution < -0.4 is 5.32 Å². The van der Waals surface area contributed by atoms with Gasteiger partial charge in [0.1, 0.15) is 0 Å². The molecule has 1 aromatic carbocycles. The van der Waals surface area contributed by atoms with Crippen LogP contribution in [0.1, 0.15) is 6.92 Å². The first-order chi connectivity index (χ1) is 7.09. The van der Waals surface area contributed by atoms with E-state index in [0.29, 0.717) is 0 Å². The molecule has 15 heavy (non-hydrogen) atoms. The SMILES string of the molecule is C=C(C)SC(Cl)C(=O)Nc1ccccc1. The number of hydrogen-bond acceptors (Lipinski definition) is 2. The number of carbonyl (C=O) groups excluding carboxylic acids is 1. The van der Waals surface area contributed by atoms with Gasteiger partial charge in [-0.15, -0.1) is 11.8 Å². The van der Waals surface area contributed by atoms with E-state index in [1.165, 1.54) is 11.8 Å². The summed E-state index contributed by atoms with van der Waals surface area (Å²) in [5, 5.41) is 2.71. The van der Waals surface area contributed by atoms with Crippen molar-refractivity contribution in [2.75, 3.05) is 5.32 Å². The van der Waals surface area contributed by atoms with E-state index in [1.807, 2.05) is 37.3 Å². The van der Waals surface area contributed by atoms with Crippen LogP contribution in [-0.4, -0.2) is 10.6 Å². The Hall–Kier alpha value is -0.930. The van der Waals surface area contributed by atoms with E-state index in [-0.39, 0.29) is 5.91 Å². The number of amides is 1. The van der Waals surface area contributed by atoms with Crippen LogP contribution in [0.4, 0.5) is 5.69 Å². The van der Waals surface area contributed by atoms with Crippen LogP contribution in [0.2, 0.25) is 0 Å². The first-order valence-electron chi connectivity index (χ1n) is 4.42. The predicted octanol–water partition coefficient (Wildman–Crippen LogP) is 3.46. The summed E-state index contributed by atoms with van der Waals surface area (Å²) in [5.74, 6) is -0.226. The number of benzene rings is 1. The molecule has 0 aliphatic heterocycles. The number of rotatable bonds is 4. The van der Waals surface area contributed by atoms with Gasteiger partial charge in [0, 0.05) is 5.69 Å². The van der Waals surface area contributed by atoms with Gasteiger partial charge in [0.05, 0.1) is 0 Å². The summed E-state index contributed by atoms with van der Waals surface area (Å²) < 4.78 is -0.636. The van der Waals surface area contributed by atoms with E-state index in [9.17, 15) is 4.79 Å². The average molecular weight is 242 g/mol. The predicted molar refractivity (Wildman–Crippen MR) is 67.1 cm³/mol. The molecule has 0 aromatic heterocycles. The lowest BCUT2D eigenvalue weighted by Gasteiger charge is -2.09. The van der Waals surface area contributed by atoms with Crippen LogP contribution in [0, 0.1) is 0 Å². The molecule has 80 valence electrons. The maximum atomic E-state index is 11.5. The molecule has 0 spiro atoms. The van der Waals surface area contributed by atoms with Crippen LogP contribution in [0.5, 0.6) is 0 Å². The van der Waals surface area contributed by atoms with Gasteiger partial charge >= 0.3 is 0 Å². The van der Waals surface area contributed by atoms with Crippen molar-refractivity contribution in [3.05, 3.63) is 41.8 Å². The summed E-state index contributed by atoms with van der Waals surface area (Å²) in [6.07, 6.45) is 0. The molecule has 1 amide bonds. The molecule has 0 saturated heterocycles. The van der Waals surface area contributed by atoms with Gasteiger partial charge in [-0.3, -0.25) is 4.79 Å². The Bertz CT molecular complexity index is 353. The minimum Gasteiger partial charge on any atom is -0.324 e. The van der Waals surface area contributed by atoms with Crippen LogP contribution in [-0.2, 0) is 4.79 Å². The molecule has 0 saturated carbocycles. The first kappa shape index (κ1) is 12.1. The van der Waals surface area contributed by atoms with Gasteiger partial charge < -0.3 is 5.32 Å². The lowest BCUT2D eigenvalue weighted by molar-refractivity contribution is -0.114. The highest BCUT2D eigenvalue weighted by Gasteiger charge is 2.15. The molecular formula is C11H12ClNOS. The molecule has 0 aliphatic rings. The van der Waals surface area contributed by atoms with E-state index in [0.717, 1.165) is 10.6 Å². The second-order valence-electron chi connectivity index (χ2n) is 2.99. The van der Waals surface area contributed by atoms with Crippen LogP contribution in [0.3, 0.4) is 0 Å². The first-order valence-corrected chi connectivity index (χ1v) is 5.73. The van der Waals surface area contributed by atoms with Crippen molar-refractivity contribution >= 4 is 35.0 Å². The molecule has 1 rings (SSSR count). The zero-order valence-corrected chi connectivity index (χ0v) is 9.94. The summed E-state index contributed by atoms with van der Waals surface area (Å²) in [4.78, 5) is 12.4. The number of allylic oxidation sites excluding steroid dienone is 1. The molecule has 0 aliphatic carbocycles. The van der Waals surface area contributed by atoms with Gasteiger partial charge in [-0.1, -0.05) is 36.4 Å². The fraction of sp³-hybridized carbons (Fsp3) is 0.182. The van der Waals surface area contributed by atoms with Crippen molar-refractivity contribution in [3.63, 3.8) is 0 Å². The van der Waals surface area contributed by atoms with Crippen LogP contribution in [0.15, 0.2) is 41.8 Å². The Balaban J connectivity index is 2.52. The number of halogens is 1. The Morgan fingerprint density at radius 1 is 1.47 bits per heavy atom. The summed E-state index contributed by atoms with van der Waals surface area (Å²) >= 11 is 7.11. The van der Waals surface area contributed by atoms with Gasteiger partial charge in [-0.2, -0.15) is 0 Å². The molecule has 1 unspecified atom stereocenters. The topological polar surface area (TPSA) is 29.1 Å². The molecule has 2 nitrogen and oxygen atoms in total. The third-order valence-electron chi connectivity index (χ3n) is 1.55. The molecule has 1 N–H and O–H groups in total. The molecule has 1 aromatic rings. The summed E-state index contributed by atoms with van der Waals surface area (Å²) in [6.45, 7) is 5.50. The van der Waals surface area contributed by atoms with Crippen LogP contribution >= 0.6 is 23.4 Å². The van der Waals surface area contributed by atoms with E-state index in [1.54, 1.807) is 0 Å².